The van der Waals surface area contributed by atoms with Gasteiger partial charge in [0.05, 0.1) is 12.2 Å². The summed E-state index contributed by atoms with van der Waals surface area (Å²) < 4.78 is 5.76. The molecule has 1 aromatic heterocycles. The van der Waals surface area contributed by atoms with Crippen LogP contribution < -0.4 is 5.32 Å². The molecule has 0 radical (unpaired) electrons. The molecule has 0 aliphatic rings. The van der Waals surface area contributed by atoms with Crippen LogP contribution in [0.2, 0.25) is 10.0 Å². The molecule has 4 nitrogen and oxygen atoms in total. The van der Waals surface area contributed by atoms with Crippen molar-refractivity contribution < 1.29 is 9.21 Å². The van der Waals surface area contributed by atoms with Gasteiger partial charge in [-0.2, -0.15) is 0 Å². The predicted molar refractivity (Wildman–Crippen MR) is 108 cm³/mol. The molecule has 1 atom stereocenters. The smallest absolute Gasteiger partial charge is 0.220 e. The van der Waals surface area contributed by atoms with Gasteiger partial charge in [0.25, 0.3) is 0 Å². The van der Waals surface area contributed by atoms with E-state index in [1.54, 1.807) is 18.3 Å². The minimum Gasteiger partial charge on any atom is -0.441 e. The number of halogens is 2. The second-order valence-corrected chi connectivity index (χ2v) is 7.14. The average Bonchev–Trinajstić information content (AvgIpc) is 3.11. The third-order valence-electron chi connectivity index (χ3n) is 4.21. The van der Waals surface area contributed by atoms with Gasteiger partial charge >= 0.3 is 0 Å². The molecule has 0 fully saturated rings. The molecule has 3 aromatic rings. The number of aromatic nitrogens is 1. The van der Waals surface area contributed by atoms with Gasteiger partial charge in [-0.1, -0.05) is 59.6 Å². The molecule has 6 heteroatoms. The van der Waals surface area contributed by atoms with Crippen molar-refractivity contribution in [2.45, 2.75) is 32.2 Å². The molecule has 2 aromatic carbocycles. The van der Waals surface area contributed by atoms with Crippen LogP contribution in [-0.2, 0) is 11.2 Å². The van der Waals surface area contributed by atoms with Crippen molar-refractivity contribution in [3.8, 4) is 11.3 Å². The van der Waals surface area contributed by atoms with E-state index in [1.165, 1.54) is 0 Å². The van der Waals surface area contributed by atoms with E-state index in [9.17, 15) is 4.79 Å². The van der Waals surface area contributed by atoms with E-state index in [-0.39, 0.29) is 11.9 Å². The van der Waals surface area contributed by atoms with Crippen LogP contribution in [0.1, 0.15) is 37.3 Å². The lowest BCUT2D eigenvalue weighted by atomic mass is 10.1. The van der Waals surface area contributed by atoms with Crippen molar-refractivity contribution in [2.24, 2.45) is 0 Å². The Labute approximate surface area is 168 Å². The van der Waals surface area contributed by atoms with Gasteiger partial charge in [0.1, 0.15) is 0 Å². The fraction of sp³-hybridized carbons (Fsp3) is 0.238. The predicted octanol–water partition coefficient (Wildman–Crippen LogP) is 5.85. The standard InChI is InChI=1S/C21H20Cl2N2O2/c1-14(17-11-10-16(22)12-18(17)23)25-20(26)8-5-9-21-24-13-19(27-21)15-6-3-2-4-7-15/h2-4,6-7,10-14H,5,8-9H2,1H3,(H,25,26). The molecule has 1 unspecified atom stereocenters. The number of amides is 1. The van der Waals surface area contributed by atoms with Crippen LogP contribution >= 0.6 is 23.2 Å². The SMILES string of the molecule is CC(NC(=O)CCCc1ncc(-c2ccccc2)o1)c1ccc(Cl)cc1Cl. The Balaban J connectivity index is 1.48. The van der Waals surface area contributed by atoms with E-state index in [2.05, 4.69) is 10.3 Å². The van der Waals surface area contributed by atoms with Gasteiger partial charge in [-0.05, 0) is 31.0 Å². The van der Waals surface area contributed by atoms with E-state index < -0.39 is 0 Å². The van der Waals surface area contributed by atoms with Crippen LogP contribution in [0.25, 0.3) is 11.3 Å². The topological polar surface area (TPSA) is 55.1 Å². The van der Waals surface area contributed by atoms with Crippen molar-refractivity contribution >= 4 is 29.1 Å². The number of hydrogen-bond donors (Lipinski definition) is 1. The number of nitrogens with one attached hydrogen (secondary N) is 1. The zero-order valence-electron chi connectivity index (χ0n) is 14.9. The monoisotopic (exact) mass is 402 g/mol. The van der Waals surface area contributed by atoms with Gasteiger partial charge in [-0.25, -0.2) is 4.98 Å². The van der Waals surface area contributed by atoms with Gasteiger partial charge in [0.15, 0.2) is 11.7 Å². The maximum absolute atomic E-state index is 12.2. The number of nitrogens with zero attached hydrogens (tertiary/aromatic N) is 1. The number of carbonyl (C=O) groups is 1. The summed E-state index contributed by atoms with van der Waals surface area (Å²) in [7, 11) is 0. The van der Waals surface area contributed by atoms with Crippen molar-refractivity contribution in [3.63, 3.8) is 0 Å². The second-order valence-electron chi connectivity index (χ2n) is 6.29. The highest BCUT2D eigenvalue weighted by Gasteiger charge is 2.13. The number of benzene rings is 2. The van der Waals surface area contributed by atoms with Crippen molar-refractivity contribution in [2.75, 3.05) is 0 Å². The minimum absolute atomic E-state index is 0.0386. The van der Waals surface area contributed by atoms with Crippen LogP contribution in [0.4, 0.5) is 0 Å². The summed E-state index contributed by atoms with van der Waals surface area (Å²) in [5.74, 6) is 1.33. The molecule has 1 N–H and O–H groups in total. The average molecular weight is 403 g/mol. The number of carbonyl (C=O) groups excluding carboxylic acids is 1. The maximum Gasteiger partial charge on any atom is 0.220 e. The van der Waals surface area contributed by atoms with E-state index >= 15 is 0 Å². The Hall–Kier alpha value is -2.30. The largest absolute Gasteiger partial charge is 0.441 e. The zero-order chi connectivity index (χ0) is 19.2. The molecule has 0 saturated heterocycles. The highest BCUT2D eigenvalue weighted by molar-refractivity contribution is 6.35. The highest BCUT2D eigenvalue weighted by atomic mass is 35.5. The fourth-order valence-corrected chi connectivity index (χ4v) is 3.38. The lowest BCUT2D eigenvalue weighted by Gasteiger charge is -2.15. The molecule has 27 heavy (non-hydrogen) atoms. The van der Waals surface area contributed by atoms with E-state index in [1.807, 2.05) is 43.3 Å². The summed E-state index contributed by atoms with van der Waals surface area (Å²) in [4.78, 5) is 16.5. The molecule has 3 rings (SSSR count). The first-order chi connectivity index (χ1) is 13.0. The van der Waals surface area contributed by atoms with Crippen LogP contribution in [0, 0.1) is 0 Å². The normalized spacial score (nSPS) is 12.0. The molecule has 0 bridgehead atoms. The molecule has 0 aliphatic carbocycles. The summed E-state index contributed by atoms with van der Waals surface area (Å²) in [5, 5.41) is 4.07. The summed E-state index contributed by atoms with van der Waals surface area (Å²) in [6.45, 7) is 1.90. The Bertz CT molecular complexity index is 910. The van der Waals surface area contributed by atoms with Crippen LogP contribution in [0.15, 0.2) is 59.1 Å². The Morgan fingerprint density at radius 2 is 1.96 bits per heavy atom. The third-order valence-corrected chi connectivity index (χ3v) is 4.78. The van der Waals surface area contributed by atoms with E-state index in [0.717, 1.165) is 16.9 Å². The molecule has 140 valence electrons. The van der Waals surface area contributed by atoms with E-state index in [0.29, 0.717) is 35.2 Å². The van der Waals surface area contributed by atoms with Gasteiger partial charge in [-0.3, -0.25) is 4.79 Å². The Morgan fingerprint density at radius 3 is 2.70 bits per heavy atom. The number of hydrogen-bond acceptors (Lipinski definition) is 3. The van der Waals surface area contributed by atoms with E-state index in [4.69, 9.17) is 27.6 Å². The lowest BCUT2D eigenvalue weighted by Crippen LogP contribution is -2.26. The summed E-state index contributed by atoms with van der Waals surface area (Å²) in [6.07, 6.45) is 3.37. The van der Waals surface area contributed by atoms with Gasteiger partial charge in [0.2, 0.25) is 5.91 Å². The maximum atomic E-state index is 12.2. The molecular formula is C21H20Cl2N2O2. The summed E-state index contributed by atoms with van der Waals surface area (Å²) in [5.41, 5.74) is 1.83. The molecule has 0 aliphatic heterocycles. The van der Waals surface area contributed by atoms with Gasteiger partial charge in [-0.15, -0.1) is 0 Å². The lowest BCUT2D eigenvalue weighted by molar-refractivity contribution is -0.121. The van der Waals surface area contributed by atoms with Crippen molar-refractivity contribution in [1.29, 1.82) is 0 Å². The van der Waals surface area contributed by atoms with Gasteiger partial charge in [0, 0.05) is 28.5 Å². The van der Waals surface area contributed by atoms with Crippen LogP contribution in [-0.4, -0.2) is 10.9 Å². The molecule has 1 heterocycles. The molecule has 0 saturated carbocycles. The van der Waals surface area contributed by atoms with Crippen molar-refractivity contribution in [3.05, 3.63) is 76.2 Å². The van der Waals surface area contributed by atoms with Crippen molar-refractivity contribution in [1.82, 2.24) is 10.3 Å². The molecule has 0 spiro atoms. The Morgan fingerprint density at radius 1 is 1.19 bits per heavy atom. The zero-order valence-corrected chi connectivity index (χ0v) is 16.4. The fourth-order valence-electron chi connectivity index (χ4n) is 2.81. The first-order valence-electron chi connectivity index (χ1n) is 8.77. The number of oxazole rings is 1. The highest BCUT2D eigenvalue weighted by Crippen LogP contribution is 2.26. The van der Waals surface area contributed by atoms with Crippen LogP contribution in [0.3, 0.4) is 0 Å². The van der Waals surface area contributed by atoms with Crippen LogP contribution in [0.5, 0.6) is 0 Å². The summed E-state index contributed by atoms with van der Waals surface area (Å²) >= 11 is 12.1. The quantitative estimate of drug-likeness (QED) is 0.539. The molecular weight excluding hydrogens is 383 g/mol. The number of rotatable bonds is 7. The Kier molecular flexibility index (Phi) is 6.54. The minimum atomic E-state index is -0.186. The number of aryl methyl sites for hydroxylation is 1. The second kappa shape index (κ2) is 9.07. The first kappa shape index (κ1) is 19.5. The first-order valence-corrected chi connectivity index (χ1v) is 9.53. The summed E-state index contributed by atoms with van der Waals surface area (Å²) in [6, 6.07) is 14.9. The molecule has 1 amide bonds. The van der Waals surface area contributed by atoms with Gasteiger partial charge < -0.3 is 9.73 Å². The third kappa shape index (κ3) is 5.34.